The van der Waals surface area contributed by atoms with Crippen molar-refractivity contribution in [3.05, 3.63) is 22.9 Å². The summed E-state index contributed by atoms with van der Waals surface area (Å²) in [6.07, 6.45) is 0. The average Bonchev–Trinajstić information content (AvgIpc) is 2.15. The van der Waals surface area contributed by atoms with Gasteiger partial charge in [0.25, 0.3) is 5.91 Å². The van der Waals surface area contributed by atoms with Gasteiger partial charge in [-0.2, -0.15) is 0 Å². The maximum absolute atomic E-state index is 11.5. The fraction of sp³-hybridized carbons (Fsp3) is 0.400. The first-order valence-electron chi connectivity index (χ1n) is 4.48. The second-order valence-electron chi connectivity index (χ2n) is 3.13. The number of aryl methyl sites for hydroxylation is 2. The number of hydrogen-bond donors (Lipinski definition) is 2. The molecule has 0 bridgehead atoms. The van der Waals surface area contributed by atoms with Gasteiger partial charge in [-0.1, -0.05) is 0 Å². The van der Waals surface area contributed by atoms with Gasteiger partial charge < -0.3 is 10.6 Å². The second kappa shape index (κ2) is 4.09. The van der Waals surface area contributed by atoms with E-state index in [-0.39, 0.29) is 5.91 Å². The van der Waals surface area contributed by atoms with Crippen molar-refractivity contribution >= 4 is 11.7 Å². The topological polar surface area (TPSA) is 54.0 Å². The highest BCUT2D eigenvalue weighted by molar-refractivity contribution is 6.00. The quantitative estimate of drug-likeness (QED) is 0.739. The summed E-state index contributed by atoms with van der Waals surface area (Å²) < 4.78 is 0. The van der Waals surface area contributed by atoms with E-state index < -0.39 is 0 Å². The number of amides is 1. The fourth-order valence-electron chi connectivity index (χ4n) is 1.43. The van der Waals surface area contributed by atoms with Gasteiger partial charge in [0, 0.05) is 19.8 Å². The Kier molecular flexibility index (Phi) is 3.06. The van der Waals surface area contributed by atoms with Crippen molar-refractivity contribution in [1.29, 1.82) is 0 Å². The first kappa shape index (κ1) is 10.5. The Hall–Kier alpha value is -1.58. The first-order valence-corrected chi connectivity index (χ1v) is 4.48. The minimum atomic E-state index is -0.112. The third-order valence-corrected chi connectivity index (χ3v) is 2.04. The van der Waals surface area contributed by atoms with Gasteiger partial charge >= 0.3 is 0 Å². The molecule has 0 unspecified atom stereocenters. The molecule has 0 fully saturated rings. The first-order chi connectivity index (χ1) is 6.60. The lowest BCUT2D eigenvalue weighted by atomic mass is 10.1. The standard InChI is InChI=1S/C10H15N3O/c1-6-5-7(2)13-9(11-3)8(6)10(14)12-4/h5H,1-4H3,(H,11,13)(H,12,14). The summed E-state index contributed by atoms with van der Waals surface area (Å²) in [6, 6.07) is 1.89. The van der Waals surface area contributed by atoms with E-state index in [1.807, 2.05) is 19.9 Å². The van der Waals surface area contributed by atoms with Crippen LogP contribution in [0.1, 0.15) is 21.6 Å². The molecule has 0 aliphatic carbocycles. The molecule has 0 spiro atoms. The van der Waals surface area contributed by atoms with Gasteiger partial charge in [0.15, 0.2) is 0 Å². The molecule has 1 aromatic heterocycles. The molecular weight excluding hydrogens is 178 g/mol. The minimum absolute atomic E-state index is 0.112. The molecule has 0 aliphatic heterocycles. The van der Waals surface area contributed by atoms with Crippen LogP contribution < -0.4 is 10.6 Å². The highest BCUT2D eigenvalue weighted by Crippen LogP contribution is 2.17. The molecule has 4 nitrogen and oxygen atoms in total. The minimum Gasteiger partial charge on any atom is -0.372 e. The number of anilines is 1. The molecule has 76 valence electrons. The number of pyridine rings is 1. The Morgan fingerprint density at radius 1 is 1.36 bits per heavy atom. The average molecular weight is 193 g/mol. The van der Waals surface area contributed by atoms with Crippen LogP contribution in [0.25, 0.3) is 0 Å². The predicted molar refractivity (Wildman–Crippen MR) is 56.6 cm³/mol. The maximum atomic E-state index is 11.5. The maximum Gasteiger partial charge on any atom is 0.255 e. The number of carbonyl (C=O) groups is 1. The van der Waals surface area contributed by atoms with E-state index in [1.165, 1.54) is 0 Å². The zero-order valence-corrected chi connectivity index (χ0v) is 8.93. The number of carbonyl (C=O) groups excluding carboxylic acids is 1. The summed E-state index contributed by atoms with van der Waals surface area (Å²) in [7, 11) is 3.37. The highest BCUT2D eigenvalue weighted by Gasteiger charge is 2.13. The summed E-state index contributed by atoms with van der Waals surface area (Å²) in [6.45, 7) is 3.81. The molecular formula is C10H15N3O. The van der Waals surface area contributed by atoms with Crippen molar-refractivity contribution in [3.63, 3.8) is 0 Å². The number of nitrogens with one attached hydrogen (secondary N) is 2. The Morgan fingerprint density at radius 2 is 2.00 bits per heavy atom. The van der Waals surface area contributed by atoms with E-state index >= 15 is 0 Å². The molecule has 0 aromatic carbocycles. The van der Waals surface area contributed by atoms with Gasteiger partial charge in [-0.15, -0.1) is 0 Å². The summed E-state index contributed by atoms with van der Waals surface area (Å²) in [4.78, 5) is 15.8. The number of hydrogen-bond acceptors (Lipinski definition) is 3. The van der Waals surface area contributed by atoms with Crippen LogP contribution >= 0.6 is 0 Å². The predicted octanol–water partition coefficient (Wildman–Crippen LogP) is 1.10. The third kappa shape index (κ3) is 1.84. The molecule has 1 aromatic rings. The monoisotopic (exact) mass is 193 g/mol. The van der Waals surface area contributed by atoms with Gasteiger partial charge in [0.1, 0.15) is 5.82 Å². The zero-order valence-electron chi connectivity index (χ0n) is 8.93. The van der Waals surface area contributed by atoms with E-state index in [0.29, 0.717) is 11.4 Å². The molecule has 0 radical (unpaired) electrons. The van der Waals surface area contributed by atoms with Gasteiger partial charge in [-0.05, 0) is 25.5 Å². The summed E-state index contributed by atoms with van der Waals surface area (Å²) in [5.41, 5.74) is 2.45. The lowest BCUT2D eigenvalue weighted by molar-refractivity contribution is 0.0963. The SMILES string of the molecule is CNC(=O)c1c(C)cc(C)nc1NC. The van der Waals surface area contributed by atoms with E-state index in [2.05, 4.69) is 15.6 Å². The van der Waals surface area contributed by atoms with E-state index in [9.17, 15) is 4.79 Å². The Morgan fingerprint density at radius 3 is 2.50 bits per heavy atom. The Bertz CT molecular complexity index is 361. The van der Waals surface area contributed by atoms with Crippen molar-refractivity contribution in [2.75, 3.05) is 19.4 Å². The van der Waals surface area contributed by atoms with Crippen LogP contribution in [0, 0.1) is 13.8 Å². The molecule has 0 aliphatic rings. The number of nitrogens with zero attached hydrogens (tertiary/aromatic N) is 1. The third-order valence-electron chi connectivity index (χ3n) is 2.04. The van der Waals surface area contributed by atoms with Crippen molar-refractivity contribution in [2.24, 2.45) is 0 Å². The molecule has 0 saturated heterocycles. The van der Waals surface area contributed by atoms with Crippen molar-refractivity contribution < 1.29 is 4.79 Å². The van der Waals surface area contributed by atoms with Gasteiger partial charge in [-0.25, -0.2) is 4.98 Å². The highest BCUT2D eigenvalue weighted by atomic mass is 16.1. The van der Waals surface area contributed by atoms with Crippen LogP contribution in [0.15, 0.2) is 6.07 Å². The normalized spacial score (nSPS) is 9.71. The molecule has 1 heterocycles. The molecule has 1 rings (SSSR count). The lowest BCUT2D eigenvalue weighted by Crippen LogP contribution is -2.21. The molecule has 1 amide bonds. The zero-order chi connectivity index (χ0) is 10.7. The smallest absolute Gasteiger partial charge is 0.255 e. The number of rotatable bonds is 2. The fourth-order valence-corrected chi connectivity index (χ4v) is 1.43. The summed E-state index contributed by atoms with van der Waals surface area (Å²) in [5.74, 6) is 0.515. The van der Waals surface area contributed by atoms with E-state index in [0.717, 1.165) is 11.3 Å². The van der Waals surface area contributed by atoms with Gasteiger partial charge in [-0.3, -0.25) is 4.79 Å². The van der Waals surface area contributed by atoms with E-state index in [4.69, 9.17) is 0 Å². The summed E-state index contributed by atoms with van der Waals surface area (Å²) >= 11 is 0. The van der Waals surface area contributed by atoms with Crippen LogP contribution in [0.2, 0.25) is 0 Å². The van der Waals surface area contributed by atoms with Crippen LogP contribution in [0.3, 0.4) is 0 Å². The van der Waals surface area contributed by atoms with Gasteiger partial charge in [0.2, 0.25) is 0 Å². The molecule has 14 heavy (non-hydrogen) atoms. The largest absolute Gasteiger partial charge is 0.372 e. The van der Waals surface area contributed by atoms with Crippen molar-refractivity contribution in [1.82, 2.24) is 10.3 Å². The summed E-state index contributed by atoms with van der Waals surface area (Å²) in [5, 5.41) is 5.52. The molecule has 0 atom stereocenters. The van der Waals surface area contributed by atoms with Gasteiger partial charge in [0.05, 0.1) is 5.56 Å². The Labute approximate surface area is 83.7 Å². The second-order valence-corrected chi connectivity index (χ2v) is 3.13. The van der Waals surface area contributed by atoms with Crippen LogP contribution in [-0.4, -0.2) is 25.0 Å². The van der Waals surface area contributed by atoms with Crippen LogP contribution in [0.5, 0.6) is 0 Å². The molecule has 4 heteroatoms. The lowest BCUT2D eigenvalue weighted by Gasteiger charge is -2.10. The Balaban J connectivity index is 3.32. The van der Waals surface area contributed by atoms with Crippen molar-refractivity contribution in [2.45, 2.75) is 13.8 Å². The van der Waals surface area contributed by atoms with Crippen LogP contribution in [-0.2, 0) is 0 Å². The van der Waals surface area contributed by atoms with Crippen molar-refractivity contribution in [3.8, 4) is 0 Å². The molecule has 2 N–H and O–H groups in total. The van der Waals surface area contributed by atoms with E-state index in [1.54, 1.807) is 14.1 Å². The number of aromatic nitrogens is 1. The van der Waals surface area contributed by atoms with Crippen LogP contribution in [0.4, 0.5) is 5.82 Å². The molecule has 0 saturated carbocycles.